The summed E-state index contributed by atoms with van der Waals surface area (Å²) in [6, 6.07) is 0. The Balaban J connectivity index is 4.31. The Labute approximate surface area is 399 Å². The van der Waals surface area contributed by atoms with Crippen LogP contribution in [0.2, 0.25) is 0 Å². The van der Waals surface area contributed by atoms with Crippen LogP contribution in [0.4, 0.5) is 0 Å². The Bertz CT molecular complexity index is 980. The van der Waals surface area contributed by atoms with Gasteiger partial charge in [0.2, 0.25) is 0 Å². The first-order valence-electron chi connectivity index (χ1n) is 28.8. The second-order valence-corrected chi connectivity index (χ2v) is 20.6. The maximum absolute atomic E-state index is 12.8. The molecule has 380 valence electrons. The number of hydrogen-bond donors (Lipinski definition) is 0. The van der Waals surface area contributed by atoms with Crippen LogP contribution in [-0.4, -0.2) is 37.2 Å². The van der Waals surface area contributed by atoms with Crippen molar-refractivity contribution in [2.75, 3.05) is 13.2 Å². The lowest BCUT2D eigenvalue weighted by Crippen LogP contribution is -2.30. The minimum Gasteiger partial charge on any atom is -0.462 e. The van der Waals surface area contributed by atoms with E-state index in [1.165, 1.54) is 212 Å². The summed E-state index contributed by atoms with van der Waals surface area (Å²) < 4.78 is 16.9. The fourth-order valence-electron chi connectivity index (χ4n) is 8.84. The SMILES string of the molecule is CCCCCCCCCCCCCCCCCCCC(=O)OC[C@@H](COC(=O)CCCCCCCCCCCCC(C)CC)OC(=O)CCCCCCCCCCCCCCC(C)C. The molecule has 0 aliphatic carbocycles. The third-order valence-electron chi connectivity index (χ3n) is 13.6. The summed E-state index contributed by atoms with van der Waals surface area (Å²) in [5, 5.41) is 0. The minimum absolute atomic E-state index is 0.0629. The maximum Gasteiger partial charge on any atom is 0.306 e. The number of carbonyl (C=O) groups is 3. The Morgan fingerprint density at radius 2 is 0.594 bits per heavy atom. The molecule has 0 aromatic rings. The molecule has 0 spiro atoms. The van der Waals surface area contributed by atoms with Crippen molar-refractivity contribution in [3.8, 4) is 0 Å². The Kier molecular flexibility index (Phi) is 49.6. The average Bonchev–Trinajstić information content (AvgIpc) is 3.28. The normalized spacial score (nSPS) is 12.5. The van der Waals surface area contributed by atoms with Crippen LogP contribution in [0, 0.1) is 11.8 Å². The van der Waals surface area contributed by atoms with Crippen LogP contribution in [0.25, 0.3) is 0 Å². The third-order valence-corrected chi connectivity index (χ3v) is 13.6. The van der Waals surface area contributed by atoms with Gasteiger partial charge >= 0.3 is 17.9 Å². The van der Waals surface area contributed by atoms with Crippen molar-refractivity contribution in [2.24, 2.45) is 11.8 Å². The van der Waals surface area contributed by atoms with E-state index in [2.05, 4.69) is 34.6 Å². The van der Waals surface area contributed by atoms with Gasteiger partial charge in [0.25, 0.3) is 0 Å². The lowest BCUT2D eigenvalue weighted by atomic mass is 9.99. The molecule has 0 heterocycles. The quantitative estimate of drug-likeness (QED) is 0.0344. The topological polar surface area (TPSA) is 78.9 Å². The molecule has 0 aromatic heterocycles. The first kappa shape index (κ1) is 62.4. The zero-order valence-corrected chi connectivity index (χ0v) is 43.9. The van der Waals surface area contributed by atoms with E-state index in [0.717, 1.165) is 69.6 Å². The summed E-state index contributed by atoms with van der Waals surface area (Å²) in [6.45, 7) is 11.4. The van der Waals surface area contributed by atoms with E-state index in [9.17, 15) is 14.4 Å². The predicted octanol–water partition coefficient (Wildman–Crippen LogP) is 18.9. The molecule has 0 aliphatic heterocycles. The van der Waals surface area contributed by atoms with E-state index in [0.29, 0.717) is 19.3 Å². The second kappa shape index (κ2) is 50.8. The maximum atomic E-state index is 12.8. The summed E-state index contributed by atoms with van der Waals surface area (Å²) in [6.07, 6.45) is 53.7. The molecule has 64 heavy (non-hydrogen) atoms. The number of hydrogen-bond acceptors (Lipinski definition) is 6. The van der Waals surface area contributed by atoms with Gasteiger partial charge in [0.15, 0.2) is 6.10 Å². The van der Waals surface area contributed by atoms with E-state index in [-0.39, 0.29) is 31.1 Å². The van der Waals surface area contributed by atoms with Crippen LogP contribution in [0.15, 0.2) is 0 Å². The van der Waals surface area contributed by atoms with Crippen molar-refractivity contribution < 1.29 is 28.6 Å². The molecule has 0 amide bonds. The molecule has 0 saturated carbocycles. The molecule has 0 saturated heterocycles. The highest BCUT2D eigenvalue weighted by molar-refractivity contribution is 5.71. The van der Waals surface area contributed by atoms with E-state index in [1.54, 1.807) is 0 Å². The molecule has 0 aliphatic rings. The van der Waals surface area contributed by atoms with Crippen molar-refractivity contribution in [3.05, 3.63) is 0 Å². The molecular weight excluding hydrogens is 793 g/mol. The first-order valence-corrected chi connectivity index (χ1v) is 28.8. The standard InChI is InChI=1S/C58H112O6/c1-6-8-9-10-11-12-13-14-15-16-17-18-22-28-33-38-43-48-56(59)62-51-55(52-63-57(60)49-44-39-34-29-25-24-27-32-37-42-47-54(5)7-2)64-58(61)50-45-40-35-30-23-20-19-21-26-31-36-41-46-53(3)4/h53-55H,6-52H2,1-5H3/t54?,55-/m0/s1. The lowest BCUT2D eigenvalue weighted by Gasteiger charge is -2.18. The molecule has 0 rings (SSSR count). The lowest BCUT2D eigenvalue weighted by molar-refractivity contribution is -0.167. The zero-order chi connectivity index (χ0) is 46.8. The molecular formula is C58H112O6. The molecule has 6 nitrogen and oxygen atoms in total. The Hall–Kier alpha value is -1.59. The van der Waals surface area contributed by atoms with Gasteiger partial charge < -0.3 is 14.2 Å². The van der Waals surface area contributed by atoms with E-state index < -0.39 is 6.10 Å². The largest absolute Gasteiger partial charge is 0.462 e. The second-order valence-electron chi connectivity index (χ2n) is 20.6. The fraction of sp³-hybridized carbons (Fsp3) is 0.948. The zero-order valence-electron chi connectivity index (χ0n) is 43.9. The highest BCUT2D eigenvalue weighted by atomic mass is 16.6. The van der Waals surface area contributed by atoms with Crippen LogP contribution < -0.4 is 0 Å². The summed E-state index contributed by atoms with van der Waals surface area (Å²) >= 11 is 0. The number of unbranched alkanes of at least 4 members (excludes halogenated alkanes) is 36. The van der Waals surface area contributed by atoms with Crippen molar-refractivity contribution >= 4 is 17.9 Å². The number of rotatable bonds is 52. The summed E-state index contributed by atoms with van der Waals surface area (Å²) in [7, 11) is 0. The van der Waals surface area contributed by atoms with Crippen LogP contribution in [0.1, 0.15) is 324 Å². The first-order chi connectivity index (χ1) is 31.3. The minimum atomic E-state index is -0.763. The summed E-state index contributed by atoms with van der Waals surface area (Å²) in [5.41, 5.74) is 0. The van der Waals surface area contributed by atoms with Gasteiger partial charge in [-0.05, 0) is 31.1 Å². The molecule has 0 N–H and O–H groups in total. The smallest absolute Gasteiger partial charge is 0.306 e. The van der Waals surface area contributed by atoms with E-state index in [4.69, 9.17) is 14.2 Å². The van der Waals surface area contributed by atoms with Gasteiger partial charge in [0.1, 0.15) is 13.2 Å². The number of carbonyl (C=O) groups excluding carboxylic acids is 3. The molecule has 6 heteroatoms. The van der Waals surface area contributed by atoms with E-state index >= 15 is 0 Å². The van der Waals surface area contributed by atoms with Crippen molar-refractivity contribution in [1.29, 1.82) is 0 Å². The summed E-state index contributed by atoms with van der Waals surface area (Å²) in [4.78, 5) is 38.1. The number of ether oxygens (including phenoxy) is 3. The summed E-state index contributed by atoms with van der Waals surface area (Å²) in [5.74, 6) is 0.861. The molecule has 0 radical (unpaired) electrons. The van der Waals surface area contributed by atoms with E-state index in [1.807, 2.05) is 0 Å². The van der Waals surface area contributed by atoms with Crippen molar-refractivity contribution in [2.45, 2.75) is 330 Å². The van der Waals surface area contributed by atoms with Gasteiger partial charge in [-0.3, -0.25) is 14.4 Å². The van der Waals surface area contributed by atoms with Gasteiger partial charge in [-0.1, -0.05) is 285 Å². The molecule has 1 unspecified atom stereocenters. The van der Waals surface area contributed by atoms with Crippen molar-refractivity contribution in [3.63, 3.8) is 0 Å². The molecule has 0 aromatic carbocycles. The molecule has 2 atom stereocenters. The Morgan fingerprint density at radius 3 is 0.891 bits per heavy atom. The fourth-order valence-corrected chi connectivity index (χ4v) is 8.84. The third kappa shape index (κ3) is 49.8. The van der Waals surface area contributed by atoms with Gasteiger partial charge in [0.05, 0.1) is 0 Å². The average molecular weight is 906 g/mol. The monoisotopic (exact) mass is 905 g/mol. The highest BCUT2D eigenvalue weighted by Gasteiger charge is 2.19. The number of esters is 3. The van der Waals surface area contributed by atoms with Gasteiger partial charge in [-0.15, -0.1) is 0 Å². The predicted molar refractivity (Wildman–Crippen MR) is 275 cm³/mol. The molecule has 0 bridgehead atoms. The van der Waals surface area contributed by atoms with Gasteiger partial charge in [-0.2, -0.15) is 0 Å². The van der Waals surface area contributed by atoms with Gasteiger partial charge in [0, 0.05) is 19.3 Å². The van der Waals surface area contributed by atoms with Crippen LogP contribution >= 0.6 is 0 Å². The van der Waals surface area contributed by atoms with Crippen LogP contribution in [0.5, 0.6) is 0 Å². The molecule has 0 fully saturated rings. The van der Waals surface area contributed by atoms with Crippen LogP contribution in [0.3, 0.4) is 0 Å². The van der Waals surface area contributed by atoms with Crippen molar-refractivity contribution in [1.82, 2.24) is 0 Å². The Morgan fingerprint density at radius 1 is 0.328 bits per heavy atom. The van der Waals surface area contributed by atoms with Gasteiger partial charge in [-0.25, -0.2) is 0 Å². The highest BCUT2D eigenvalue weighted by Crippen LogP contribution is 2.18. The van der Waals surface area contributed by atoms with Crippen LogP contribution in [-0.2, 0) is 28.6 Å².